The summed E-state index contributed by atoms with van der Waals surface area (Å²) in [6.07, 6.45) is 1.31. The second-order valence-corrected chi connectivity index (χ2v) is 3.46. The molecule has 0 saturated heterocycles. The molecule has 1 rings (SSSR count). The van der Waals surface area contributed by atoms with Gasteiger partial charge in [-0.25, -0.2) is 13.2 Å². The number of halogens is 6. The van der Waals surface area contributed by atoms with Crippen LogP contribution in [0.2, 0.25) is 0 Å². The summed E-state index contributed by atoms with van der Waals surface area (Å²) in [7, 11) is 0. The molecule has 0 unspecified atom stereocenters. The van der Waals surface area contributed by atoms with Crippen LogP contribution in [0.15, 0.2) is 0 Å². The maximum atomic E-state index is 12.0. The molecule has 16 heavy (non-hydrogen) atoms. The van der Waals surface area contributed by atoms with Gasteiger partial charge in [0.05, 0.1) is 29.1 Å². The van der Waals surface area contributed by atoms with Crippen molar-refractivity contribution in [3.63, 3.8) is 0 Å². The molecule has 1 aromatic carbocycles. The zero-order valence-electron chi connectivity index (χ0n) is 7.98. The van der Waals surface area contributed by atoms with Crippen molar-refractivity contribution in [1.82, 2.24) is 0 Å². The summed E-state index contributed by atoms with van der Waals surface area (Å²) in [5.41, 5.74) is 0. The van der Waals surface area contributed by atoms with Crippen molar-refractivity contribution in [3.8, 4) is 0 Å². The van der Waals surface area contributed by atoms with E-state index in [1.54, 1.807) is 0 Å². The Balaban J connectivity index is 0. The Morgan fingerprint density at radius 3 is 1.50 bits per heavy atom. The van der Waals surface area contributed by atoms with Gasteiger partial charge in [0, 0.05) is 0 Å². The van der Waals surface area contributed by atoms with Crippen LogP contribution in [0.3, 0.4) is 0 Å². The Hall–Kier alpha value is 0.340. The van der Waals surface area contributed by atoms with Gasteiger partial charge in [-0.3, -0.25) is 8.78 Å². The molecule has 0 spiro atoms. The summed E-state index contributed by atoms with van der Waals surface area (Å²) < 4.78 is 61.1. The first-order chi connectivity index (χ1) is 6.95. The fraction of sp³-hybridized carbons (Fsp3) is 0.333. The van der Waals surface area contributed by atoms with Crippen LogP contribution in [0.1, 0.15) is 13.3 Å². The van der Waals surface area contributed by atoms with E-state index in [0.717, 1.165) is 6.07 Å². The zero-order valence-corrected chi connectivity index (χ0v) is 12.3. The fourth-order valence-corrected chi connectivity index (χ4v) is 0.495. The molecule has 0 atom stereocenters. The quantitative estimate of drug-likeness (QED) is 0.0973. The Kier molecular flexibility index (Phi) is 11.0. The topological polar surface area (TPSA) is 0 Å². The number of hydrogen-bond acceptors (Lipinski definition) is 0. The van der Waals surface area contributed by atoms with Crippen LogP contribution in [0.25, 0.3) is 0 Å². The summed E-state index contributed by atoms with van der Waals surface area (Å²) >= 11 is 2.35. The van der Waals surface area contributed by atoms with Crippen LogP contribution in [0.4, 0.5) is 22.0 Å². The standard InChI is InChI=1S/C6F5.C3H7I.Au/c7-2-1-3(8)5(10)6(11)4(2)9;1-2-3-4;/h;2-3H2,1H3;/q-1;;+1. The van der Waals surface area contributed by atoms with Crippen LogP contribution in [0.5, 0.6) is 0 Å². The van der Waals surface area contributed by atoms with Gasteiger partial charge in [-0.15, -0.1) is 6.07 Å². The van der Waals surface area contributed by atoms with Crippen molar-refractivity contribution in [3.05, 3.63) is 35.2 Å². The maximum Gasteiger partial charge on any atom is 1.00 e. The van der Waals surface area contributed by atoms with E-state index < -0.39 is 29.1 Å². The van der Waals surface area contributed by atoms with Gasteiger partial charge in [0.15, 0.2) is 0 Å². The van der Waals surface area contributed by atoms with Gasteiger partial charge in [-0.05, 0) is 10.8 Å². The Labute approximate surface area is 119 Å². The largest absolute Gasteiger partial charge is 1.00 e. The van der Waals surface area contributed by atoms with E-state index in [9.17, 15) is 22.0 Å². The molecular weight excluding hydrogens is 527 g/mol. The van der Waals surface area contributed by atoms with E-state index >= 15 is 0 Å². The Bertz CT molecular complexity index is 304. The summed E-state index contributed by atoms with van der Waals surface area (Å²) in [6, 6.07) is 1.02. The second-order valence-electron chi connectivity index (χ2n) is 2.38. The van der Waals surface area contributed by atoms with Crippen LogP contribution in [-0.4, -0.2) is 4.43 Å². The molecule has 0 aliphatic rings. The van der Waals surface area contributed by atoms with Crippen LogP contribution in [0, 0.1) is 35.2 Å². The average Bonchev–Trinajstić information content (AvgIpc) is 2.24. The minimum atomic E-state index is -2.17. The van der Waals surface area contributed by atoms with Gasteiger partial charge < -0.3 is 0 Å². The summed E-state index contributed by atoms with van der Waals surface area (Å²) in [4.78, 5) is 0. The Morgan fingerprint density at radius 2 is 1.25 bits per heavy atom. The van der Waals surface area contributed by atoms with E-state index in [0.29, 0.717) is 0 Å². The normalized spacial score (nSPS) is 8.94. The minimum absolute atomic E-state index is 0. The summed E-state index contributed by atoms with van der Waals surface area (Å²) in [6.45, 7) is 2.17. The molecular formula is C9H7AuF5I. The third-order valence-electron chi connectivity index (χ3n) is 1.18. The van der Waals surface area contributed by atoms with E-state index in [4.69, 9.17) is 0 Å². The molecule has 0 N–H and O–H groups in total. The molecule has 0 saturated carbocycles. The van der Waals surface area contributed by atoms with Crippen LogP contribution < -0.4 is 0 Å². The second kappa shape index (κ2) is 9.38. The molecule has 0 radical (unpaired) electrons. The van der Waals surface area contributed by atoms with Crippen LogP contribution >= 0.6 is 22.6 Å². The van der Waals surface area contributed by atoms with Crippen molar-refractivity contribution in [1.29, 1.82) is 0 Å². The third-order valence-corrected chi connectivity index (χ3v) is 2.26. The van der Waals surface area contributed by atoms with E-state index in [1.807, 2.05) is 0 Å². The van der Waals surface area contributed by atoms with Gasteiger partial charge in [0.1, 0.15) is 0 Å². The molecule has 96 valence electrons. The van der Waals surface area contributed by atoms with Gasteiger partial charge in [-0.2, -0.15) is 0 Å². The van der Waals surface area contributed by atoms with E-state index in [2.05, 4.69) is 29.5 Å². The van der Waals surface area contributed by atoms with Gasteiger partial charge in [0.25, 0.3) is 0 Å². The number of benzene rings is 1. The first kappa shape index (κ1) is 18.7. The van der Waals surface area contributed by atoms with Gasteiger partial charge in [-0.1, -0.05) is 29.5 Å². The fourth-order valence-electron chi connectivity index (χ4n) is 0.495. The summed E-state index contributed by atoms with van der Waals surface area (Å²) in [5.74, 6) is -10.0. The molecule has 0 aromatic heterocycles. The molecule has 0 heterocycles. The SMILES string of the molecule is CCCI.Fc1[c-]c(F)c(F)c(F)c1F.[Au+]. The number of alkyl halides is 1. The smallest absolute Gasteiger partial charge is 0.278 e. The predicted octanol–water partition coefficient (Wildman–Crippen LogP) is 4.01. The van der Waals surface area contributed by atoms with Gasteiger partial charge in [0.2, 0.25) is 0 Å². The zero-order chi connectivity index (χ0) is 12.0. The van der Waals surface area contributed by atoms with E-state index in [-0.39, 0.29) is 22.4 Å². The molecule has 0 amide bonds. The van der Waals surface area contributed by atoms with Crippen molar-refractivity contribution in [2.45, 2.75) is 13.3 Å². The molecule has 1 aromatic rings. The van der Waals surface area contributed by atoms with E-state index in [1.165, 1.54) is 10.8 Å². The van der Waals surface area contributed by atoms with Crippen molar-refractivity contribution >= 4 is 22.6 Å². The molecule has 7 heteroatoms. The van der Waals surface area contributed by atoms with Crippen molar-refractivity contribution < 1.29 is 44.3 Å². The Morgan fingerprint density at radius 1 is 0.938 bits per heavy atom. The van der Waals surface area contributed by atoms with Crippen molar-refractivity contribution in [2.75, 3.05) is 4.43 Å². The third kappa shape index (κ3) is 5.60. The first-order valence-electron chi connectivity index (χ1n) is 3.92. The predicted molar refractivity (Wildman–Crippen MR) is 54.2 cm³/mol. The number of rotatable bonds is 1. The first-order valence-corrected chi connectivity index (χ1v) is 5.44. The molecule has 0 aliphatic heterocycles. The molecule has 0 nitrogen and oxygen atoms in total. The number of hydrogen-bond donors (Lipinski definition) is 0. The van der Waals surface area contributed by atoms with Gasteiger partial charge >= 0.3 is 22.4 Å². The minimum Gasteiger partial charge on any atom is -0.278 e. The molecule has 0 bridgehead atoms. The van der Waals surface area contributed by atoms with Crippen molar-refractivity contribution in [2.24, 2.45) is 0 Å². The molecule has 0 aliphatic carbocycles. The molecule has 0 fully saturated rings. The monoisotopic (exact) mass is 534 g/mol. The van der Waals surface area contributed by atoms with Crippen LogP contribution in [-0.2, 0) is 22.4 Å². The summed E-state index contributed by atoms with van der Waals surface area (Å²) in [5, 5.41) is 0. The average molecular weight is 534 g/mol. The maximum absolute atomic E-state index is 12.0.